The van der Waals surface area contributed by atoms with Crippen molar-refractivity contribution in [3.8, 4) is 0 Å². The van der Waals surface area contributed by atoms with Crippen molar-refractivity contribution in [2.75, 3.05) is 6.61 Å². The summed E-state index contributed by atoms with van der Waals surface area (Å²) in [5.74, 6) is -0.0207. The number of carboxylic acids is 1. The molecule has 1 N–H and O–H groups in total. The van der Waals surface area contributed by atoms with E-state index in [0.29, 0.717) is 43.8 Å². The third-order valence-electron chi connectivity index (χ3n) is 3.18. The second-order valence-corrected chi connectivity index (χ2v) is 5.09. The molecule has 23 heavy (non-hydrogen) atoms. The number of furan rings is 1. The summed E-state index contributed by atoms with van der Waals surface area (Å²) in [4.78, 5) is 33.9. The maximum absolute atomic E-state index is 11.8. The molecule has 1 heterocycles. The van der Waals surface area contributed by atoms with Gasteiger partial charge in [-0.3, -0.25) is 14.4 Å². The number of hydrogen-bond acceptors (Lipinski definition) is 5. The van der Waals surface area contributed by atoms with Crippen LogP contribution in [0.4, 0.5) is 0 Å². The van der Waals surface area contributed by atoms with Gasteiger partial charge in [-0.1, -0.05) is 6.58 Å². The third kappa shape index (κ3) is 7.44. The molecule has 1 rings (SSSR count). The van der Waals surface area contributed by atoms with Gasteiger partial charge in [0.2, 0.25) is 0 Å². The summed E-state index contributed by atoms with van der Waals surface area (Å²) in [6.07, 6.45) is 1.27. The standard InChI is InChI=1S/C17H22O6/c1-3-22-12(2)4-5-13(18)6-7-14-8-10-16(23-14)15(19)9-11-17(20)21/h8,10H,2-7,9,11H2,1H3,(H,20,21). The van der Waals surface area contributed by atoms with Gasteiger partial charge in [0.1, 0.15) is 11.5 Å². The molecule has 0 unspecified atom stereocenters. The maximum Gasteiger partial charge on any atom is 0.303 e. The molecular weight excluding hydrogens is 300 g/mol. The van der Waals surface area contributed by atoms with Gasteiger partial charge < -0.3 is 14.3 Å². The smallest absolute Gasteiger partial charge is 0.303 e. The number of carboxylic acid groups (broad SMARTS) is 1. The average Bonchev–Trinajstić information content (AvgIpc) is 2.97. The van der Waals surface area contributed by atoms with Crippen LogP contribution in [0.3, 0.4) is 0 Å². The molecule has 0 bridgehead atoms. The predicted octanol–water partition coefficient (Wildman–Crippen LogP) is 3.16. The van der Waals surface area contributed by atoms with Crippen LogP contribution in [0.1, 0.15) is 55.3 Å². The Bertz CT molecular complexity index is 569. The third-order valence-corrected chi connectivity index (χ3v) is 3.18. The van der Waals surface area contributed by atoms with Gasteiger partial charge in [0.15, 0.2) is 11.5 Å². The van der Waals surface area contributed by atoms with Gasteiger partial charge in [0.05, 0.1) is 18.8 Å². The number of hydrogen-bond donors (Lipinski definition) is 1. The molecule has 0 aromatic carbocycles. The summed E-state index contributed by atoms with van der Waals surface area (Å²) in [6.45, 7) is 6.12. The lowest BCUT2D eigenvalue weighted by atomic mass is 10.1. The summed E-state index contributed by atoms with van der Waals surface area (Å²) in [5, 5.41) is 8.55. The number of carbonyl (C=O) groups excluding carboxylic acids is 2. The van der Waals surface area contributed by atoms with E-state index in [1.165, 1.54) is 6.07 Å². The Morgan fingerprint density at radius 3 is 2.52 bits per heavy atom. The van der Waals surface area contributed by atoms with Crippen LogP contribution in [0.15, 0.2) is 28.9 Å². The molecule has 1 aromatic rings. The highest BCUT2D eigenvalue weighted by molar-refractivity contribution is 5.95. The number of carbonyl (C=O) groups is 3. The van der Waals surface area contributed by atoms with Gasteiger partial charge in [0.25, 0.3) is 0 Å². The number of ketones is 2. The molecule has 1 aromatic heterocycles. The fourth-order valence-electron chi connectivity index (χ4n) is 1.95. The van der Waals surface area contributed by atoms with Crippen LogP contribution < -0.4 is 0 Å². The lowest BCUT2D eigenvalue weighted by Crippen LogP contribution is -2.03. The van der Waals surface area contributed by atoms with Crippen LogP contribution in [0.5, 0.6) is 0 Å². The number of ether oxygens (including phenoxy) is 1. The molecule has 0 aliphatic heterocycles. The highest BCUT2D eigenvalue weighted by Crippen LogP contribution is 2.14. The Kier molecular flexibility index (Phi) is 7.80. The first-order chi connectivity index (χ1) is 10.9. The van der Waals surface area contributed by atoms with E-state index >= 15 is 0 Å². The van der Waals surface area contributed by atoms with Crippen molar-refractivity contribution in [1.82, 2.24) is 0 Å². The first-order valence-corrected chi connectivity index (χ1v) is 7.58. The molecule has 6 heteroatoms. The van der Waals surface area contributed by atoms with Crippen molar-refractivity contribution in [2.45, 2.75) is 45.4 Å². The van der Waals surface area contributed by atoms with E-state index in [1.54, 1.807) is 6.07 Å². The fourth-order valence-corrected chi connectivity index (χ4v) is 1.95. The Labute approximate surface area is 135 Å². The molecule has 0 saturated heterocycles. The molecule has 0 fully saturated rings. The first kappa shape index (κ1) is 18.7. The van der Waals surface area contributed by atoms with E-state index in [0.717, 1.165) is 0 Å². The van der Waals surface area contributed by atoms with Crippen molar-refractivity contribution >= 4 is 17.5 Å². The molecule has 126 valence electrons. The van der Waals surface area contributed by atoms with Crippen LogP contribution in [0.2, 0.25) is 0 Å². The van der Waals surface area contributed by atoms with Gasteiger partial charge in [-0.15, -0.1) is 0 Å². The lowest BCUT2D eigenvalue weighted by Gasteiger charge is -2.05. The topological polar surface area (TPSA) is 93.8 Å². The lowest BCUT2D eigenvalue weighted by molar-refractivity contribution is -0.137. The zero-order chi connectivity index (χ0) is 17.2. The Hall–Kier alpha value is -2.37. The maximum atomic E-state index is 11.8. The number of rotatable bonds is 12. The molecule has 0 saturated carbocycles. The Morgan fingerprint density at radius 1 is 1.13 bits per heavy atom. The second kappa shape index (κ2) is 9.61. The summed E-state index contributed by atoms with van der Waals surface area (Å²) in [5.41, 5.74) is 0. The first-order valence-electron chi connectivity index (χ1n) is 7.58. The number of aryl methyl sites for hydroxylation is 1. The monoisotopic (exact) mass is 322 g/mol. The van der Waals surface area contributed by atoms with Crippen molar-refractivity contribution in [3.63, 3.8) is 0 Å². The van der Waals surface area contributed by atoms with E-state index in [2.05, 4.69) is 6.58 Å². The zero-order valence-corrected chi connectivity index (χ0v) is 13.3. The van der Waals surface area contributed by atoms with E-state index in [1.807, 2.05) is 6.92 Å². The summed E-state index contributed by atoms with van der Waals surface area (Å²) < 4.78 is 10.5. The minimum atomic E-state index is -1.02. The fraction of sp³-hybridized carbons (Fsp3) is 0.471. The molecule has 0 spiro atoms. The van der Waals surface area contributed by atoms with Crippen LogP contribution in [0.25, 0.3) is 0 Å². The summed E-state index contributed by atoms with van der Waals surface area (Å²) >= 11 is 0. The summed E-state index contributed by atoms with van der Waals surface area (Å²) in [6, 6.07) is 3.15. The van der Waals surface area contributed by atoms with Crippen LogP contribution in [-0.2, 0) is 20.7 Å². The van der Waals surface area contributed by atoms with Crippen LogP contribution in [0, 0.1) is 0 Å². The average molecular weight is 322 g/mol. The SMILES string of the molecule is C=C(CCC(=O)CCc1ccc(C(=O)CCC(=O)O)o1)OCC. The van der Waals surface area contributed by atoms with Crippen LogP contribution in [-0.4, -0.2) is 29.2 Å². The second-order valence-electron chi connectivity index (χ2n) is 5.09. The highest BCUT2D eigenvalue weighted by Gasteiger charge is 2.13. The molecular formula is C17H22O6. The van der Waals surface area contributed by atoms with Gasteiger partial charge in [-0.25, -0.2) is 0 Å². The van der Waals surface area contributed by atoms with Gasteiger partial charge in [-0.05, 0) is 19.1 Å². The quantitative estimate of drug-likeness (QED) is 0.469. The molecule has 0 amide bonds. The van der Waals surface area contributed by atoms with Crippen molar-refractivity contribution in [1.29, 1.82) is 0 Å². The largest absolute Gasteiger partial charge is 0.499 e. The van der Waals surface area contributed by atoms with Gasteiger partial charge >= 0.3 is 5.97 Å². The Balaban J connectivity index is 2.35. The predicted molar refractivity (Wildman–Crippen MR) is 83.2 cm³/mol. The number of allylic oxidation sites excluding steroid dienone is 1. The molecule has 0 atom stereocenters. The van der Waals surface area contributed by atoms with Gasteiger partial charge in [-0.2, -0.15) is 0 Å². The van der Waals surface area contributed by atoms with Gasteiger partial charge in [0, 0.05) is 32.1 Å². The van der Waals surface area contributed by atoms with Crippen molar-refractivity contribution in [2.24, 2.45) is 0 Å². The zero-order valence-electron chi connectivity index (χ0n) is 13.3. The molecule has 0 radical (unpaired) electrons. The van der Waals surface area contributed by atoms with E-state index in [9.17, 15) is 14.4 Å². The number of Topliss-reactive ketones (excluding diaryl/α,β-unsaturated/α-hetero) is 2. The highest BCUT2D eigenvalue weighted by atomic mass is 16.5. The minimum absolute atomic E-state index is 0.0704. The van der Waals surface area contributed by atoms with Crippen molar-refractivity contribution in [3.05, 3.63) is 36.0 Å². The molecule has 0 aliphatic rings. The van der Waals surface area contributed by atoms with Crippen LogP contribution >= 0.6 is 0 Å². The Morgan fingerprint density at radius 2 is 1.87 bits per heavy atom. The normalized spacial score (nSPS) is 10.3. The minimum Gasteiger partial charge on any atom is -0.499 e. The van der Waals surface area contributed by atoms with E-state index in [4.69, 9.17) is 14.3 Å². The summed E-state index contributed by atoms with van der Waals surface area (Å²) in [7, 11) is 0. The molecule has 6 nitrogen and oxygen atoms in total. The number of aliphatic carboxylic acids is 1. The van der Waals surface area contributed by atoms with Crippen molar-refractivity contribution < 1.29 is 28.6 Å². The molecule has 0 aliphatic carbocycles. The van der Waals surface area contributed by atoms with E-state index in [-0.39, 0.29) is 30.2 Å². The van der Waals surface area contributed by atoms with E-state index < -0.39 is 5.97 Å².